The zero-order valence-corrected chi connectivity index (χ0v) is 28.3. The number of hydrogen-bond donors (Lipinski definition) is 1. The lowest BCUT2D eigenvalue weighted by atomic mass is 9.49. The third-order valence-electron chi connectivity index (χ3n) is 8.97. The van der Waals surface area contributed by atoms with Crippen molar-refractivity contribution in [3.8, 4) is 28.2 Å². The van der Waals surface area contributed by atoms with Crippen LogP contribution in [0, 0.1) is 11.7 Å². The number of halogens is 3. The van der Waals surface area contributed by atoms with Crippen molar-refractivity contribution < 1.29 is 9.18 Å². The monoisotopic (exact) mass is 667 g/mol. The van der Waals surface area contributed by atoms with Crippen LogP contribution in [0.1, 0.15) is 25.1 Å². The number of anilines is 1. The Balaban J connectivity index is 1.51. The molecule has 19 heteroatoms. The Hall–Kier alpha value is -4.10. The predicted molar refractivity (Wildman–Crippen MR) is 193 cm³/mol. The summed E-state index contributed by atoms with van der Waals surface area (Å²) in [7, 11) is 10.2. The molecule has 0 spiro atoms. The summed E-state index contributed by atoms with van der Waals surface area (Å²) in [6.45, 7) is 1.91. The Morgan fingerprint density at radius 3 is 2.53 bits per heavy atom. The van der Waals surface area contributed by atoms with E-state index < -0.39 is 22.7 Å². The third kappa shape index (κ3) is 6.18. The van der Waals surface area contributed by atoms with E-state index in [-0.39, 0.29) is 50.6 Å². The van der Waals surface area contributed by atoms with Gasteiger partial charge in [0.15, 0.2) is 11.0 Å². The lowest BCUT2D eigenvalue weighted by Gasteiger charge is -2.31. The maximum absolute atomic E-state index is 15.6. The first-order valence-electron chi connectivity index (χ1n) is 15.2. The minimum atomic E-state index is -0.762. The van der Waals surface area contributed by atoms with Gasteiger partial charge < -0.3 is 5.32 Å². The maximum atomic E-state index is 15.6. The van der Waals surface area contributed by atoms with Gasteiger partial charge in [-0.1, -0.05) is 47.0 Å². The topological polar surface area (TPSA) is 125 Å². The molecular formula is C28H29B5Cl2FN9O2. The van der Waals surface area contributed by atoms with Crippen molar-refractivity contribution in [2.45, 2.75) is 36.3 Å². The van der Waals surface area contributed by atoms with E-state index in [1.54, 1.807) is 18.5 Å². The van der Waals surface area contributed by atoms with Crippen LogP contribution in [0.4, 0.5) is 10.1 Å². The van der Waals surface area contributed by atoms with Crippen LogP contribution in [0.5, 0.6) is 0 Å². The summed E-state index contributed by atoms with van der Waals surface area (Å²) in [6.07, 6.45) is 6.66. The lowest BCUT2D eigenvalue weighted by Crippen LogP contribution is -2.37. The van der Waals surface area contributed by atoms with Crippen LogP contribution in [0.3, 0.4) is 0 Å². The average molecular weight is 668 g/mol. The molecule has 0 radical (unpaired) electrons. The molecule has 0 saturated carbocycles. The summed E-state index contributed by atoms with van der Waals surface area (Å²) in [6, 6.07) is 7.44. The number of fused-ring (bicyclic) bond motifs is 4. The summed E-state index contributed by atoms with van der Waals surface area (Å²) in [5.74, 6) is -1.28. The molecule has 0 fully saturated rings. The van der Waals surface area contributed by atoms with Crippen molar-refractivity contribution in [2.75, 3.05) is 5.32 Å². The molecule has 6 rings (SSSR count). The average Bonchev–Trinajstić information content (AvgIpc) is 3.66. The third-order valence-corrected chi connectivity index (χ3v) is 9.43. The Morgan fingerprint density at radius 2 is 1.85 bits per heavy atom. The van der Waals surface area contributed by atoms with Crippen molar-refractivity contribution in [3.63, 3.8) is 0 Å². The van der Waals surface area contributed by atoms with Gasteiger partial charge in [0.05, 0.1) is 63.8 Å². The normalized spacial score (nSPS) is 20.1. The highest BCUT2D eigenvalue weighted by molar-refractivity contribution is 6.56. The molecule has 4 atom stereocenters. The van der Waals surface area contributed by atoms with Crippen LogP contribution in [0.25, 0.3) is 28.2 Å². The SMILES string of the molecule is BC1C[C@H](n2cnc(-c3c(-n4cc(Cl)nn4)ccc(Cl)c3F)cc2=O)c2cc(ccn2)-c2c(cnn2C(B)(B)B)NC(=O)[C@H](C)C1B. The van der Waals surface area contributed by atoms with Crippen molar-refractivity contribution in [1.82, 2.24) is 39.3 Å². The molecule has 0 aliphatic carbocycles. The number of carbonyl (C=O) groups excluding carboxylic acids is 1. The molecule has 5 aromatic rings. The van der Waals surface area contributed by atoms with Crippen molar-refractivity contribution in [2.24, 2.45) is 5.92 Å². The predicted octanol–water partition coefficient (Wildman–Crippen LogP) is 0.0734. The fourth-order valence-corrected chi connectivity index (χ4v) is 6.33. The number of pyridine rings is 1. The summed E-state index contributed by atoms with van der Waals surface area (Å²) in [5, 5.41) is 15.1. The first-order chi connectivity index (χ1) is 22.2. The van der Waals surface area contributed by atoms with Gasteiger partial charge in [-0.2, -0.15) is 5.10 Å². The van der Waals surface area contributed by atoms with Gasteiger partial charge in [-0.25, -0.2) is 14.1 Å². The van der Waals surface area contributed by atoms with E-state index in [0.717, 1.165) is 11.3 Å². The molecule has 0 saturated heterocycles. The standard InChI is InChI=1S/C28H29B5Cl2FN9O2/c1-12-24(30)14(29)7-20(16-6-13(4-5-37-16)26-18(40-27(12)47)9-39-45(26)28(31,32)33)43-11-38-17(8-22(43)46)23-19(3-2-15(34)25(23)36)44-10-21(35)41-42-44/h2-6,8-12,14,20,24H,7,29-33H2,1H3,(H,40,47)/t12-,14?,20+,24?/m1/s1. The summed E-state index contributed by atoms with van der Waals surface area (Å²) in [5.41, 5.74) is 2.63. The Kier molecular flexibility index (Phi) is 8.73. The number of nitrogens with zero attached hydrogens (tertiary/aromatic N) is 8. The van der Waals surface area contributed by atoms with E-state index >= 15 is 4.39 Å². The van der Waals surface area contributed by atoms with Crippen LogP contribution < -0.4 is 10.9 Å². The quantitative estimate of drug-likeness (QED) is 0.269. The van der Waals surface area contributed by atoms with E-state index in [1.165, 1.54) is 33.9 Å². The molecule has 1 amide bonds. The highest BCUT2D eigenvalue weighted by Gasteiger charge is 2.32. The largest absolute Gasteiger partial charge is 0.323 e. The second kappa shape index (κ2) is 12.5. The molecule has 2 unspecified atom stereocenters. The van der Waals surface area contributed by atoms with Gasteiger partial charge in [0.25, 0.3) is 5.56 Å². The van der Waals surface area contributed by atoms with E-state index in [1.807, 2.05) is 55.1 Å². The second-order valence-corrected chi connectivity index (χ2v) is 13.9. The van der Waals surface area contributed by atoms with Gasteiger partial charge in [-0.3, -0.25) is 23.8 Å². The number of benzene rings is 1. The number of aromatic nitrogens is 8. The maximum Gasteiger partial charge on any atom is 0.254 e. The molecule has 5 heterocycles. The van der Waals surface area contributed by atoms with Crippen LogP contribution in [-0.2, 0) is 10.0 Å². The van der Waals surface area contributed by atoms with E-state index in [4.69, 9.17) is 28.2 Å². The molecule has 1 aliphatic rings. The number of rotatable bonds is 4. The number of carbonyl (C=O) groups is 1. The Morgan fingerprint density at radius 1 is 1.09 bits per heavy atom. The van der Waals surface area contributed by atoms with Crippen LogP contribution in [0.2, 0.25) is 21.8 Å². The highest BCUT2D eigenvalue weighted by atomic mass is 35.5. The minimum Gasteiger partial charge on any atom is -0.323 e. The summed E-state index contributed by atoms with van der Waals surface area (Å²) in [4.78, 5) is 36.8. The zero-order valence-electron chi connectivity index (χ0n) is 26.7. The number of nitrogens with one attached hydrogen (secondary N) is 1. The number of hydrogen-bond acceptors (Lipinski definition) is 7. The smallest absolute Gasteiger partial charge is 0.254 e. The van der Waals surface area contributed by atoms with Gasteiger partial charge in [0.2, 0.25) is 5.91 Å². The molecule has 1 aromatic carbocycles. The minimum absolute atomic E-state index is 0.0111. The summed E-state index contributed by atoms with van der Waals surface area (Å²) < 4.78 is 20.2. The van der Waals surface area contributed by atoms with E-state index in [9.17, 15) is 9.59 Å². The molecule has 1 N–H and O–H groups in total. The molecular weight excluding hydrogens is 638 g/mol. The fraction of sp³-hybridized carbons (Fsp3) is 0.250. The van der Waals surface area contributed by atoms with Gasteiger partial charge in [-0.05, 0) is 35.9 Å². The highest BCUT2D eigenvalue weighted by Crippen LogP contribution is 2.40. The summed E-state index contributed by atoms with van der Waals surface area (Å²) >= 11 is 12.1. The Labute approximate surface area is 284 Å². The van der Waals surface area contributed by atoms with Gasteiger partial charge in [-0.15, -0.1) is 5.10 Å². The van der Waals surface area contributed by atoms with Crippen molar-refractivity contribution in [3.05, 3.63) is 87.3 Å². The molecule has 234 valence electrons. The van der Waals surface area contributed by atoms with Gasteiger partial charge >= 0.3 is 0 Å². The zero-order chi connectivity index (χ0) is 33.8. The van der Waals surface area contributed by atoms with Crippen LogP contribution in [-0.4, -0.2) is 84.4 Å². The first-order valence-corrected chi connectivity index (χ1v) is 16.0. The van der Waals surface area contributed by atoms with Gasteiger partial charge in [0.1, 0.15) is 39.2 Å². The van der Waals surface area contributed by atoms with Gasteiger partial charge in [0, 0.05) is 23.7 Å². The first kappa shape index (κ1) is 32.8. The van der Waals surface area contributed by atoms with Crippen molar-refractivity contribution >= 4 is 74.0 Å². The fourth-order valence-electron chi connectivity index (χ4n) is 6.04. The van der Waals surface area contributed by atoms with Crippen LogP contribution in [0.15, 0.2) is 60.0 Å². The molecule has 4 aromatic heterocycles. The molecule has 2 bridgehead atoms. The number of amides is 1. The van der Waals surface area contributed by atoms with Crippen LogP contribution >= 0.6 is 23.2 Å². The lowest BCUT2D eigenvalue weighted by molar-refractivity contribution is -0.119. The van der Waals surface area contributed by atoms with E-state index in [2.05, 4.69) is 33.6 Å². The Bertz CT molecular complexity index is 2070. The molecule has 47 heavy (non-hydrogen) atoms. The second-order valence-electron chi connectivity index (χ2n) is 13.1. The van der Waals surface area contributed by atoms with Crippen molar-refractivity contribution in [1.29, 1.82) is 0 Å². The van der Waals surface area contributed by atoms with E-state index in [0.29, 0.717) is 17.8 Å². The molecule has 11 nitrogen and oxygen atoms in total. The molecule has 1 aliphatic heterocycles.